The van der Waals surface area contributed by atoms with Gasteiger partial charge in [-0.2, -0.15) is 0 Å². The molecule has 0 saturated heterocycles. The predicted octanol–water partition coefficient (Wildman–Crippen LogP) is 5.90. The molecule has 2 amide bonds. The molecule has 2 N–H and O–H groups in total. The number of hydrogen-bond donors (Lipinski definition) is 2. The van der Waals surface area contributed by atoms with Crippen LogP contribution in [0.2, 0.25) is 5.02 Å². The summed E-state index contributed by atoms with van der Waals surface area (Å²) < 4.78 is 0. The van der Waals surface area contributed by atoms with E-state index in [1.807, 2.05) is 50.2 Å². The zero-order valence-corrected chi connectivity index (χ0v) is 17.4. The quantitative estimate of drug-likeness (QED) is 0.538. The van der Waals surface area contributed by atoms with Crippen molar-refractivity contribution in [2.24, 2.45) is 0 Å². The van der Waals surface area contributed by atoms with Crippen molar-refractivity contribution in [3.05, 3.63) is 53.1 Å². The summed E-state index contributed by atoms with van der Waals surface area (Å²) >= 11 is 7.55. The van der Waals surface area contributed by atoms with Gasteiger partial charge >= 0.3 is 0 Å². The Hall–Kier alpha value is -1.98. The molecule has 0 aliphatic heterocycles. The second-order valence-corrected chi connectivity index (χ2v) is 8.21. The first-order valence-electron chi connectivity index (χ1n) is 9.02. The Morgan fingerprint density at radius 2 is 1.85 bits per heavy atom. The summed E-state index contributed by atoms with van der Waals surface area (Å²) in [6, 6.07) is 13.0. The van der Waals surface area contributed by atoms with Crippen molar-refractivity contribution in [1.82, 2.24) is 0 Å². The molecule has 27 heavy (non-hydrogen) atoms. The summed E-state index contributed by atoms with van der Waals surface area (Å²) in [7, 11) is 0. The van der Waals surface area contributed by atoms with Gasteiger partial charge in [-0.05, 0) is 56.2 Å². The van der Waals surface area contributed by atoms with Crippen LogP contribution in [0.25, 0.3) is 0 Å². The maximum absolute atomic E-state index is 12.4. The lowest BCUT2D eigenvalue weighted by molar-refractivity contribution is -0.116. The van der Waals surface area contributed by atoms with Gasteiger partial charge in [-0.25, -0.2) is 0 Å². The number of unbranched alkanes of at least 4 members (excludes halogenated alkanes) is 1. The van der Waals surface area contributed by atoms with Gasteiger partial charge in [-0.15, -0.1) is 11.8 Å². The summed E-state index contributed by atoms with van der Waals surface area (Å²) in [5, 5.41) is 6.12. The second kappa shape index (κ2) is 10.4. The first-order chi connectivity index (χ1) is 12.9. The SMILES string of the molecule is CCCCC(=O)Nc1cccc(SC(C)C(=O)Nc2ccc(C)c(Cl)c2)c1. The number of anilines is 2. The van der Waals surface area contributed by atoms with Crippen LogP contribution in [0.3, 0.4) is 0 Å². The van der Waals surface area contributed by atoms with Gasteiger partial charge in [0.25, 0.3) is 0 Å². The number of halogens is 1. The Bertz CT molecular complexity index is 811. The minimum atomic E-state index is -0.295. The van der Waals surface area contributed by atoms with E-state index in [4.69, 9.17) is 11.6 Å². The van der Waals surface area contributed by atoms with Gasteiger partial charge in [0, 0.05) is 27.7 Å². The number of carbonyl (C=O) groups is 2. The fourth-order valence-electron chi connectivity index (χ4n) is 2.38. The molecule has 0 radical (unpaired) electrons. The summed E-state index contributed by atoms with van der Waals surface area (Å²) in [6.45, 7) is 5.82. The van der Waals surface area contributed by atoms with E-state index in [1.165, 1.54) is 11.8 Å². The van der Waals surface area contributed by atoms with Crippen molar-refractivity contribution < 1.29 is 9.59 Å². The predicted molar refractivity (Wildman–Crippen MR) is 115 cm³/mol. The molecule has 2 aromatic carbocycles. The number of amides is 2. The molecule has 6 heteroatoms. The third kappa shape index (κ3) is 6.92. The minimum Gasteiger partial charge on any atom is -0.326 e. The Morgan fingerprint density at radius 1 is 1.11 bits per heavy atom. The highest BCUT2D eigenvalue weighted by molar-refractivity contribution is 8.00. The molecule has 0 bridgehead atoms. The molecule has 0 aliphatic rings. The third-order valence-corrected chi connectivity index (χ3v) is 5.50. The zero-order valence-electron chi connectivity index (χ0n) is 15.8. The number of rotatable bonds is 8. The lowest BCUT2D eigenvalue weighted by atomic mass is 10.2. The van der Waals surface area contributed by atoms with Crippen LogP contribution in [-0.4, -0.2) is 17.1 Å². The Labute approximate surface area is 170 Å². The number of aryl methyl sites for hydroxylation is 1. The molecular formula is C21H25ClN2O2S. The number of thioether (sulfide) groups is 1. The van der Waals surface area contributed by atoms with E-state index in [1.54, 1.807) is 6.07 Å². The van der Waals surface area contributed by atoms with Crippen molar-refractivity contribution in [2.45, 2.75) is 50.2 Å². The topological polar surface area (TPSA) is 58.2 Å². The summed E-state index contributed by atoms with van der Waals surface area (Å²) in [5.41, 5.74) is 2.40. The number of nitrogens with one attached hydrogen (secondary N) is 2. The molecule has 0 heterocycles. The van der Waals surface area contributed by atoms with E-state index in [0.29, 0.717) is 17.1 Å². The lowest BCUT2D eigenvalue weighted by Gasteiger charge is -2.13. The molecule has 0 fully saturated rings. The number of benzene rings is 2. The maximum Gasteiger partial charge on any atom is 0.237 e. The molecule has 144 valence electrons. The van der Waals surface area contributed by atoms with Crippen LogP contribution in [-0.2, 0) is 9.59 Å². The van der Waals surface area contributed by atoms with E-state index in [0.717, 1.165) is 29.0 Å². The highest BCUT2D eigenvalue weighted by Crippen LogP contribution is 2.27. The van der Waals surface area contributed by atoms with Crippen LogP contribution < -0.4 is 10.6 Å². The first kappa shape index (κ1) is 21.3. The lowest BCUT2D eigenvalue weighted by Crippen LogP contribution is -2.22. The van der Waals surface area contributed by atoms with E-state index in [-0.39, 0.29) is 17.1 Å². The molecular weight excluding hydrogens is 380 g/mol. The van der Waals surface area contributed by atoms with E-state index >= 15 is 0 Å². The molecule has 0 spiro atoms. The summed E-state index contributed by atoms with van der Waals surface area (Å²) in [5.74, 6) is -0.0849. The van der Waals surface area contributed by atoms with Crippen LogP contribution in [0.1, 0.15) is 38.7 Å². The number of carbonyl (C=O) groups excluding carboxylic acids is 2. The van der Waals surface area contributed by atoms with Gasteiger partial charge in [0.05, 0.1) is 5.25 Å². The van der Waals surface area contributed by atoms with E-state index in [2.05, 4.69) is 17.6 Å². The van der Waals surface area contributed by atoms with E-state index in [9.17, 15) is 9.59 Å². The maximum atomic E-state index is 12.4. The highest BCUT2D eigenvalue weighted by atomic mass is 35.5. The molecule has 2 aromatic rings. The Balaban J connectivity index is 1.95. The fourth-order valence-corrected chi connectivity index (χ4v) is 3.49. The van der Waals surface area contributed by atoms with Crippen LogP contribution in [0.15, 0.2) is 47.4 Å². The normalized spacial score (nSPS) is 11.7. The smallest absolute Gasteiger partial charge is 0.237 e. The molecule has 2 rings (SSSR count). The average molecular weight is 405 g/mol. The van der Waals surface area contributed by atoms with Gasteiger partial charge in [-0.1, -0.05) is 37.1 Å². The molecule has 0 aliphatic carbocycles. The van der Waals surface area contributed by atoms with Crippen molar-refractivity contribution in [2.75, 3.05) is 10.6 Å². The van der Waals surface area contributed by atoms with Crippen LogP contribution in [0, 0.1) is 6.92 Å². The standard InChI is InChI=1S/C21H25ClN2O2S/c1-4-5-9-20(25)23-16-7-6-8-18(12-16)27-15(3)21(26)24-17-11-10-14(2)19(22)13-17/h6-8,10-13,15H,4-5,9H2,1-3H3,(H,23,25)(H,24,26). The molecule has 4 nitrogen and oxygen atoms in total. The minimum absolute atomic E-state index is 0.0149. The van der Waals surface area contributed by atoms with Crippen molar-refractivity contribution in [3.8, 4) is 0 Å². The van der Waals surface area contributed by atoms with Crippen LogP contribution >= 0.6 is 23.4 Å². The van der Waals surface area contributed by atoms with Crippen molar-refractivity contribution >= 4 is 46.6 Å². The monoisotopic (exact) mass is 404 g/mol. The Morgan fingerprint density at radius 3 is 2.56 bits per heavy atom. The molecule has 1 unspecified atom stereocenters. The largest absolute Gasteiger partial charge is 0.326 e. The molecule has 0 aromatic heterocycles. The fraction of sp³-hybridized carbons (Fsp3) is 0.333. The average Bonchev–Trinajstić information content (AvgIpc) is 2.63. The number of hydrogen-bond acceptors (Lipinski definition) is 3. The molecule has 0 saturated carbocycles. The van der Waals surface area contributed by atoms with Gasteiger partial charge in [0.15, 0.2) is 0 Å². The summed E-state index contributed by atoms with van der Waals surface area (Å²) in [6.07, 6.45) is 2.38. The van der Waals surface area contributed by atoms with Gasteiger partial charge in [0.2, 0.25) is 11.8 Å². The zero-order chi connectivity index (χ0) is 19.8. The van der Waals surface area contributed by atoms with E-state index < -0.39 is 0 Å². The van der Waals surface area contributed by atoms with Gasteiger partial charge in [0.1, 0.15) is 0 Å². The first-order valence-corrected chi connectivity index (χ1v) is 10.3. The van der Waals surface area contributed by atoms with Gasteiger partial charge in [-0.3, -0.25) is 9.59 Å². The van der Waals surface area contributed by atoms with Crippen LogP contribution in [0.5, 0.6) is 0 Å². The molecule has 1 atom stereocenters. The highest BCUT2D eigenvalue weighted by Gasteiger charge is 2.15. The van der Waals surface area contributed by atoms with Crippen molar-refractivity contribution in [3.63, 3.8) is 0 Å². The van der Waals surface area contributed by atoms with Crippen molar-refractivity contribution in [1.29, 1.82) is 0 Å². The second-order valence-electron chi connectivity index (χ2n) is 6.39. The van der Waals surface area contributed by atoms with Crippen LogP contribution in [0.4, 0.5) is 11.4 Å². The summed E-state index contributed by atoms with van der Waals surface area (Å²) in [4.78, 5) is 25.2. The Kier molecular flexibility index (Phi) is 8.20. The van der Waals surface area contributed by atoms with Gasteiger partial charge < -0.3 is 10.6 Å². The third-order valence-electron chi connectivity index (χ3n) is 4.00.